The molecule has 0 N–H and O–H groups in total. The number of fused-ring (bicyclic) bond motifs is 2. The van der Waals surface area contributed by atoms with Crippen LogP contribution in [0.5, 0.6) is 0 Å². The van der Waals surface area contributed by atoms with Crippen molar-refractivity contribution in [3.8, 4) is 0 Å². The Labute approximate surface area is 144 Å². The van der Waals surface area contributed by atoms with Gasteiger partial charge in [0.05, 0.1) is 18.2 Å². The van der Waals surface area contributed by atoms with Gasteiger partial charge in [0, 0.05) is 18.5 Å². The van der Waals surface area contributed by atoms with E-state index in [0.29, 0.717) is 24.3 Å². The molecule has 2 aromatic carbocycles. The van der Waals surface area contributed by atoms with E-state index in [-0.39, 0.29) is 11.9 Å². The van der Waals surface area contributed by atoms with Gasteiger partial charge in [-0.2, -0.15) is 0 Å². The van der Waals surface area contributed by atoms with Crippen LogP contribution < -0.4 is 0 Å². The molecule has 1 aliphatic heterocycles. The van der Waals surface area contributed by atoms with Crippen LogP contribution in [-0.2, 0) is 17.8 Å². The Hall–Kier alpha value is -3.21. The van der Waals surface area contributed by atoms with Gasteiger partial charge in [0.25, 0.3) is 5.91 Å². The molecule has 3 aromatic rings. The Balaban J connectivity index is 1.59. The first kappa shape index (κ1) is 15.3. The van der Waals surface area contributed by atoms with Crippen LogP contribution in [0.1, 0.15) is 32.0 Å². The molecule has 0 atom stereocenters. The summed E-state index contributed by atoms with van der Waals surface area (Å²) in [6.45, 7) is 0.984. The van der Waals surface area contributed by atoms with Crippen molar-refractivity contribution in [2.45, 2.75) is 13.1 Å². The quantitative estimate of drug-likeness (QED) is 0.676. The zero-order chi connectivity index (χ0) is 17.4. The van der Waals surface area contributed by atoms with Gasteiger partial charge in [-0.05, 0) is 35.4 Å². The minimum absolute atomic E-state index is 0.110. The number of benzene rings is 2. The van der Waals surface area contributed by atoms with Gasteiger partial charge < -0.3 is 9.64 Å². The monoisotopic (exact) mass is 332 g/mol. The van der Waals surface area contributed by atoms with E-state index in [1.54, 1.807) is 23.1 Å². The zero-order valence-corrected chi connectivity index (χ0v) is 13.7. The van der Waals surface area contributed by atoms with Gasteiger partial charge in [0.15, 0.2) is 0 Å². The number of carbonyl (C=O) groups is 2. The van der Waals surface area contributed by atoms with Crippen LogP contribution in [0.25, 0.3) is 10.9 Å². The van der Waals surface area contributed by atoms with E-state index in [1.807, 2.05) is 36.4 Å². The van der Waals surface area contributed by atoms with Crippen molar-refractivity contribution in [1.29, 1.82) is 0 Å². The first-order chi connectivity index (χ1) is 12.2. The maximum absolute atomic E-state index is 12.8. The average Bonchev–Trinajstić information content (AvgIpc) is 3.09. The van der Waals surface area contributed by atoms with Crippen molar-refractivity contribution < 1.29 is 14.3 Å². The van der Waals surface area contributed by atoms with Gasteiger partial charge in [0.2, 0.25) is 0 Å². The van der Waals surface area contributed by atoms with E-state index >= 15 is 0 Å². The third kappa shape index (κ3) is 2.74. The van der Waals surface area contributed by atoms with Gasteiger partial charge in [-0.3, -0.25) is 4.79 Å². The number of nitrogens with zero attached hydrogens (tertiary/aromatic N) is 2. The highest BCUT2D eigenvalue weighted by Crippen LogP contribution is 2.26. The number of hydrogen-bond donors (Lipinski definition) is 0. The van der Waals surface area contributed by atoms with Crippen LogP contribution in [0, 0.1) is 0 Å². The fraction of sp³-hybridized carbons (Fsp3) is 0.150. The predicted octanol–water partition coefficient (Wildman–Crippen LogP) is 3.18. The lowest BCUT2D eigenvalue weighted by Crippen LogP contribution is -2.26. The first-order valence-electron chi connectivity index (χ1n) is 8.01. The largest absolute Gasteiger partial charge is 0.465 e. The van der Waals surface area contributed by atoms with Crippen molar-refractivity contribution in [2.75, 3.05) is 7.11 Å². The van der Waals surface area contributed by atoms with E-state index < -0.39 is 0 Å². The standard InChI is InChI=1S/C20H16N2O3/c1-25-20(24)14-6-7-15-11-22(12-16(15)10-14)19(23)18-9-8-13-4-2-3-5-17(13)21-18/h2-10H,11-12H2,1H3. The smallest absolute Gasteiger partial charge is 0.337 e. The Bertz CT molecular complexity index is 997. The van der Waals surface area contributed by atoms with Crippen molar-refractivity contribution in [3.05, 3.63) is 77.0 Å². The SMILES string of the molecule is COC(=O)c1ccc2c(c1)CN(C(=O)c1ccc3ccccc3n1)C2. The third-order valence-electron chi connectivity index (χ3n) is 4.45. The summed E-state index contributed by atoms with van der Waals surface area (Å²) in [7, 11) is 1.36. The molecule has 0 bridgehead atoms. The van der Waals surface area contributed by atoms with Crippen LogP contribution in [0.4, 0.5) is 0 Å². The summed E-state index contributed by atoms with van der Waals surface area (Å²) in [5.41, 5.74) is 3.75. The fourth-order valence-corrected chi connectivity index (χ4v) is 3.13. The number of carbonyl (C=O) groups excluding carboxylic acids is 2. The number of ether oxygens (including phenoxy) is 1. The molecule has 0 saturated carbocycles. The van der Waals surface area contributed by atoms with E-state index in [4.69, 9.17) is 4.74 Å². The molecule has 5 heteroatoms. The van der Waals surface area contributed by atoms with Gasteiger partial charge in [-0.1, -0.05) is 30.3 Å². The van der Waals surface area contributed by atoms with E-state index in [2.05, 4.69) is 4.98 Å². The highest BCUT2D eigenvalue weighted by Gasteiger charge is 2.26. The Morgan fingerprint density at radius 2 is 1.80 bits per heavy atom. The molecular weight excluding hydrogens is 316 g/mol. The molecule has 0 saturated heterocycles. The number of esters is 1. The molecule has 124 valence electrons. The predicted molar refractivity (Wildman–Crippen MR) is 93.1 cm³/mol. The third-order valence-corrected chi connectivity index (χ3v) is 4.45. The van der Waals surface area contributed by atoms with Crippen molar-refractivity contribution >= 4 is 22.8 Å². The van der Waals surface area contributed by atoms with Crippen LogP contribution in [0.3, 0.4) is 0 Å². The topological polar surface area (TPSA) is 59.5 Å². The molecule has 1 aromatic heterocycles. The van der Waals surface area contributed by atoms with Crippen LogP contribution in [-0.4, -0.2) is 28.9 Å². The molecule has 0 aliphatic carbocycles. The fourth-order valence-electron chi connectivity index (χ4n) is 3.13. The second kappa shape index (κ2) is 6.02. The van der Waals surface area contributed by atoms with Gasteiger partial charge in [-0.25, -0.2) is 9.78 Å². The summed E-state index contributed by atoms with van der Waals surface area (Å²) in [6.07, 6.45) is 0. The highest BCUT2D eigenvalue weighted by atomic mass is 16.5. The summed E-state index contributed by atoms with van der Waals surface area (Å²) in [5, 5.41) is 1.01. The van der Waals surface area contributed by atoms with Gasteiger partial charge in [0.1, 0.15) is 5.69 Å². The number of pyridine rings is 1. The van der Waals surface area contributed by atoms with Crippen LogP contribution in [0.2, 0.25) is 0 Å². The minimum Gasteiger partial charge on any atom is -0.465 e. The molecular formula is C20H16N2O3. The van der Waals surface area contributed by atoms with Gasteiger partial charge >= 0.3 is 5.97 Å². The first-order valence-corrected chi connectivity index (χ1v) is 8.01. The lowest BCUT2D eigenvalue weighted by Gasteiger charge is -2.15. The Morgan fingerprint density at radius 1 is 1.00 bits per heavy atom. The zero-order valence-electron chi connectivity index (χ0n) is 13.7. The molecule has 0 unspecified atom stereocenters. The van der Waals surface area contributed by atoms with Crippen LogP contribution >= 0.6 is 0 Å². The van der Waals surface area contributed by atoms with Crippen molar-refractivity contribution in [3.63, 3.8) is 0 Å². The Morgan fingerprint density at radius 3 is 2.64 bits per heavy atom. The maximum atomic E-state index is 12.8. The number of hydrogen-bond acceptors (Lipinski definition) is 4. The lowest BCUT2D eigenvalue weighted by atomic mass is 10.1. The van der Waals surface area contributed by atoms with Crippen LogP contribution in [0.15, 0.2) is 54.6 Å². The minimum atomic E-state index is -0.372. The summed E-state index contributed by atoms with van der Waals surface area (Å²) in [5.74, 6) is -0.481. The summed E-state index contributed by atoms with van der Waals surface area (Å²) >= 11 is 0. The molecule has 0 fully saturated rings. The Kier molecular flexibility index (Phi) is 3.69. The molecule has 2 heterocycles. The molecule has 1 amide bonds. The van der Waals surface area contributed by atoms with Crippen molar-refractivity contribution in [2.24, 2.45) is 0 Å². The van der Waals surface area contributed by atoms with E-state index in [9.17, 15) is 9.59 Å². The number of aromatic nitrogens is 1. The molecule has 5 nitrogen and oxygen atoms in total. The molecule has 4 rings (SSSR count). The van der Waals surface area contributed by atoms with Crippen molar-refractivity contribution in [1.82, 2.24) is 9.88 Å². The summed E-state index contributed by atoms with van der Waals surface area (Å²) < 4.78 is 4.75. The number of methoxy groups -OCH3 is 1. The average molecular weight is 332 g/mol. The number of amides is 1. The summed E-state index contributed by atoms with van der Waals surface area (Å²) in [4.78, 5) is 30.7. The van der Waals surface area contributed by atoms with E-state index in [1.165, 1.54) is 7.11 Å². The second-order valence-electron chi connectivity index (χ2n) is 6.03. The van der Waals surface area contributed by atoms with Gasteiger partial charge in [-0.15, -0.1) is 0 Å². The number of para-hydroxylation sites is 1. The molecule has 25 heavy (non-hydrogen) atoms. The maximum Gasteiger partial charge on any atom is 0.337 e. The number of rotatable bonds is 2. The lowest BCUT2D eigenvalue weighted by molar-refractivity contribution is 0.0600. The summed E-state index contributed by atoms with van der Waals surface area (Å²) in [6, 6.07) is 16.8. The molecule has 0 spiro atoms. The molecule has 1 aliphatic rings. The normalized spacial score (nSPS) is 12.9. The highest BCUT2D eigenvalue weighted by molar-refractivity contribution is 5.95. The second-order valence-corrected chi connectivity index (χ2v) is 6.03. The van der Waals surface area contributed by atoms with E-state index in [0.717, 1.165) is 22.0 Å². The molecule has 0 radical (unpaired) electrons.